The van der Waals surface area contributed by atoms with Gasteiger partial charge in [-0.25, -0.2) is 4.98 Å². The smallest absolute Gasteiger partial charge is 0.317 e. The first-order chi connectivity index (χ1) is 6.72. The molecule has 0 amide bonds. The van der Waals surface area contributed by atoms with Crippen LogP contribution in [0.5, 0.6) is 6.01 Å². The summed E-state index contributed by atoms with van der Waals surface area (Å²) in [6, 6.07) is 2.36. The van der Waals surface area contributed by atoms with Gasteiger partial charge in [-0.05, 0) is 24.7 Å². The van der Waals surface area contributed by atoms with Crippen molar-refractivity contribution in [2.45, 2.75) is 25.3 Å². The van der Waals surface area contributed by atoms with E-state index in [4.69, 9.17) is 4.74 Å². The first-order valence-corrected chi connectivity index (χ1v) is 5.94. The van der Waals surface area contributed by atoms with E-state index in [1.807, 2.05) is 12.3 Å². The molecular weight excluding hydrogens is 196 g/mol. The average molecular weight is 212 g/mol. The SMILES string of the molecule is CSc1ccnc(OCCC(C)C)n1. The van der Waals surface area contributed by atoms with Crippen molar-refractivity contribution < 1.29 is 4.74 Å². The summed E-state index contributed by atoms with van der Waals surface area (Å²) in [5.74, 6) is 0.652. The molecule has 1 aromatic heterocycles. The Morgan fingerprint density at radius 2 is 2.29 bits per heavy atom. The third kappa shape index (κ3) is 3.96. The van der Waals surface area contributed by atoms with Gasteiger partial charge in [-0.2, -0.15) is 4.98 Å². The summed E-state index contributed by atoms with van der Waals surface area (Å²) in [4.78, 5) is 8.26. The third-order valence-electron chi connectivity index (χ3n) is 1.74. The molecule has 0 N–H and O–H groups in total. The van der Waals surface area contributed by atoms with Gasteiger partial charge in [0.15, 0.2) is 0 Å². The van der Waals surface area contributed by atoms with Gasteiger partial charge in [-0.15, -0.1) is 11.8 Å². The van der Waals surface area contributed by atoms with Crippen LogP contribution in [0.4, 0.5) is 0 Å². The standard InChI is InChI=1S/C10H16N2OS/c1-8(2)5-7-13-10-11-6-4-9(12-10)14-3/h4,6,8H,5,7H2,1-3H3. The Hall–Kier alpha value is -0.770. The minimum atomic E-state index is 0.484. The van der Waals surface area contributed by atoms with Crippen LogP contribution in [0.2, 0.25) is 0 Å². The molecule has 1 rings (SSSR count). The molecule has 0 saturated heterocycles. The van der Waals surface area contributed by atoms with Gasteiger partial charge < -0.3 is 4.74 Å². The van der Waals surface area contributed by atoms with Gasteiger partial charge in [0.25, 0.3) is 0 Å². The van der Waals surface area contributed by atoms with E-state index in [1.54, 1.807) is 18.0 Å². The van der Waals surface area contributed by atoms with E-state index in [0.29, 0.717) is 18.5 Å². The molecule has 14 heavy (non-hydrogen) atoms. The second-order valence-corrected chi connectivity index (χ2v) is 4.24. The third-order valence-corrected chi connectivity index (χ3v) is 2.39. The highest BCUT2D eigenvalue weighted by Gasteiger charge is 2.00. The Balaban J connectivity index is 2.42. The molecule has 3 nitrogen and oxygen atoms in total. The number of hydrogen-bond donors (Lipinski definition) is 0. The van der Waals surface area contributed by atoms with Crippen LogP contribution in [0.15, 0.2) is 17.3 Å². The zero-order chi connectivity index (χ0) is 10.4. The van der Waals surface area contributed by atoms with Gasteiger partial charge >= 0.3 is 6.01 Å². The Morgan fingerprint density at radius 1 is 1.50 bits per heavy atom. The molecule has 1 heterocycles. The van der Waals surface area contributed by atoms with Crippen LogP contribution < -0.4 is 4.74 Å². The van der Waals surface area contributed by atoms with E-state index >= 15 is 0 Å². The molecule has 0 fully saturated rings. The van der Waals surface area contributed by atoms with Gasteiger partial charge in [0, 0.05) is 6.20 Å². The van der Waals surface area contributed by atoms with E-state index in [0.717, 1.165) is 11.4 Å². The van der Waals surface area contributed by atoms with E-state index in [2.05, 4.69) is 23.8 Å². The lowest BCUT2D eigenvalue weighted by molar-refractivity contribution is 0.266. The van der Waals surface area contributed by atoms with Crippen molar-refractivity contribution >= 4 is 11.8 Å². The minimum Gasteiger partial charge on any atom is -0.463 e. The van der Waals surface area contributed by atoms with Crippen LogP contribution in [0.25, 0.3) is 0 Å². The van der Waals surface area contributed by atoms with E-state index in [9.17, 15) is 0 Å². The number of hydrogen-bond acceptors (Lipinski definition) is 4. The lowest BCUT2D eigenvalue weighted by Gasteiger charge is -2.06. The number of rotatable bonds is 5. The van der Waals surface area contributed by atoms with Crippen molar-refractivity contribution in [3.63, 3.8) is 0 Å². The fourth-order valence-electron chi connectivity index (χ4n) is 0.894. The highest BCUT2D eigenvalue weighted by Crippen LogP contribution is 2.13. The molecule has 0 saturated carbocycles. The summed E-state index contributed by atoms with van der Waals surface area (Å²) in [6.45, 7) is 5.03. The van der Waals surface area contributed by atoms with Crippen molar-refractivity contribution in [3.05, 3.63) is 12.3 Å². The predicted molar refractivity (Wildman–Crippen MR) is 58.8 cm³/mol. The van der Waals surface area contributed by atoms with Crippen molar-refractivity contribution in [1.82, 2.24) is 9.97 Å². The first kappa shape index (κ1) is 11.3. The molecule has 0 spiro atoms. The van der Waals surface area contributed by atoms with Crippen molar-refractivity contribution in [1.29, 1.82) is 0 Å². The fourth-order valence-corrected chi connectivity index (χ4v) is 1.26. The van der Waals surface area contributed by atoms with E-state index in [1.165, 1.54) is 0 Å². The number of ether oxygens (including phenoxy) is 1. The normalized spacial score (nSPS) is 10.6. The lowest BCUT2D eigenvalue weighted by Crippen LogP contribution is -2.04. The van der Waals surface area contributed by atoms with Gasteiger partial charge in [-0.1, -0.05) is 13.8 Å². The van der Waals surface area contributed by atoms with Gasteiger partial charge in [-0.3, -0.25) is 0 Å². The summed E-state index contributed by atoms with van der Waals surface area (Å²) >= 11 is 1.59. The largest absolute Gasteiger partial charge is 0.463 e. The molecule has 0 bridgehead atoms. The highest BCUT2D eigenvalue weighted by atomic mass is 32.2. The molecule has 0 atom stereocenters. The highest BCUT2D eigenvalue weighted by molar-refractivity contribution is 7.98. The quantitative estimate of drug-likeness (QED) is 0.555. The van der Waals surface area contributed by atoms with Crippen molar-refractivity contribution in [2.75, 3.05) is 12.9 Å². The Bertz CT molecular complexity index is 279. The first-order valence-electron chi connectivity index (χ1n) is 4.72. The van der Waals surface area contributed by atoms with Crippen molar-refractivity contribution in [2.24, 2.45) is 5.92 Å². The summed E-state index contributed by atoms with van der Waals surface area (Å²) in [7, 11) is 0. The van der Waals surface area contributed by atoms with Crippen LogP contribution >= 0.6 is 11.8 Å². The summed E-state index contributed by atoms with van der Waals surface area (Å²) in [5.41, 5.74) is 0. The van der Waals surface area contributed by atoms with Crippen LogP contribution in [-0.2, 0) is 0 Å². The Labute approximate surface area is 89.3 Å². The number of nitrogens with zero attached hydrogens (tertiary/aromatic N) is 2. The zero-order valence-corrected chi connectivity index (χ0v) is 9.67. The number of thioether (sulfide) groups is 1. The van der Waals surface area contributed by atoms with Crippen LogP contribution in [0, 0.1) is 5.92 Å². The lowest BCUT2D eigenvalue weighted by atomic mass is 10.1. The molecule has 0 radical (unpaired) electrons. The topological polar surface area (TPSA) is 35.0 Å². The molecule has 78 valence electrons. The molecule has 0 aliphatic carbocycles. The average Bonchev–Trinajstić information content (AvgIpc) is 2.18. The Kier molecular flexibility index (Phi) is 4.73. The fraction of sp³-hybridized carbons (Fsp3) is 0.600. The van der Waals surface area contributed by atoms with Gasteiger partial charge in [0.05, 0.1) is 6.61 Å². The Morgan fingerprint density at radius 3 is 2.93 bits per heavy atom. The van der Waals surface area contributed by atoms with Gasteiger partial charge in [0.2, 0.25) is 0 Å². The van der Waals surface area contributed by atoms with Crippen molar-refractivity contribution in [3.8, 4) is 6.01 Å². The monoisotopic (exact) mass is 212 g/mol. The molecule has 4 heteroatoms. The molecule has 0 aliphatic heterocycles. The summed E-state index contributed by atoms with van der Waals surface area (Å²) in [5, 5.41) is 0.944. The predicted octanol–water partition coefficient (Wildman–Crippen LogP) is 2.62. The molecule has 0 aromatic carbocycles. The number of aromatic nitrogens is 2. The second kappa shape index (κ2) is 5.86. The zero-order valence-electron chi connectivity index (χ0n) is 8.86. The second-order valence-electron chi connectivity index (χ2n) is 3.41. The maximum atomic E-state index is 5.42. The summed E-state index contributed by atoms with van der Waals surface area (Å²) in [6.07, 6.45) is 4.75. The molecule has 1 aromatic rings. The minimum absolute atomic E-state index is 0.484. The van der Waals surface area contributed by atoms with Gasteiger partial charge in [0.1, 0.15) is 5.03 Å². The molecule has 0 aliphatic rings. The molecular formula is C10H16N2OS. The van der Waals surface area contributed by atoms with E-state index < -0.39 is 0 Å². The van der Waals surface area contributed by atoms with Crippen LogP contribution in [0.3, 0.4) is 0 Å². The summed E-state index contributed by atoms with van der Waals surface area (Å²) < 4.78 is 5.42. The van der Waals surface area contributed by atoms with Crippen LogP contribution in [-0.4, -0.2) is 22.8 Å². The maximum Gasteiger partial charge on any atom is 0.317 e. The molecule has 0 unspecified atom stereocenters. The van der Waals surface area contributed by atoms with Crippen LogP contribution in [0.1, 0.15) is 20.3 Å². The maximum absolute atomic E-state index is 5.42. The van der Waals surface area contributed by atoms with E-state index in [-0.39, 0.29) is 0 Å².